The van der Waals surface area contributed by atoms with Crippen molar-refractivity contribution in [1.82, 2.24) is 0 Å². The fourth-order valence-electron chi connectivity index (χ4n) is 0.439. The van der Waals surface area contributed by atoms with Crippen LogP contribution in [0.15, 0.2) is 0 Å². The van der Waals surface area contributed by atoms with Crippen LogP contribution < -0.4 is 0 Å². The fraction of sp³-hybridized carbons (Fsp3) is 1.00. The van der Waals surface area contributed by atoms with Gasteiger partial charge in [-0.1, -0.05) is 0 Å². The largest absolute Gasteiger partial charge is 0.356 e. The zero-order chi connectivity index (χ0) is 6.57. The summed E-state index contributed by atoms with van der Waals surface area (Å²) in [7, 11) is 2.72. The molecule has 2 unspecified atom stereocenters. The van der Waals surface area contributed by atoms with Crippen molar-refractivity contribution in [2.45, 2.75) is 25.9 Å². The molecule has 0 aromatic rings. The smallest absolute Gasteiger partial charge is 0.154 e. The van der Waals surface area contributed by atoms with Gasteiger partial charge in [0.15, 0.2) is 6.29 Å². The van der Waals surface area contributed by atoms with Crippen molar-refractivity contribution in [3.63, 3.8) is 0 Å². The maximum Gasteiger partial charge on any atom is 0.154 e. The molecule has 0 rings (SSSR count). The average Bonchev–Trinajstić information content (AvgIpc) is 1.65. The number of methoxy groups -OCH3 is 1. The summed E-state index contributed by atoms with van der Waals surface area (Å²) >= 11 is 0. The summed E-state index contributed by atoms with van der Waals surface area (Å²) in [4.78, 5) is 0. The summed E-state index contributed by atoms with van der Waals surface area (Å²) in [6.07, 6.45) is -0.0394. The highest BCUT2D eigenvalue weighted by atomic mass is 28.1. The van der Waals surface area contributed by atoms with E-state index in [4.69, 9.17) is 9.47 Å². The van der Waals surface area contributed by atoms with Crippen LogP contribution in [0.25, 0.3) is 0 Å². The molecule has 0 bridgehead atoms. The quantitative estimate of drug-likeness (QED) is 0.390. The van der Waals surface area contributed by atoms with Crippen LogP contribution in [-0.2, 0) is 9.47 Å². The summed E-state index contributed by atoms with van der Waals surface area (Å²) in [5.41, 5.74) is 0.393. The highest BCUT2D eigenvalue weighted by Gasteiger charge is 1.99. The molecule has 0 fully saturated rings. The Morgan fingerprint density at radius 2 is 1.88 bits per heavy atom. The molecule has 0 aromatic heterocycles. The average molecular weight is 134 g/mol. The lowest BCUT2D eigenvalue weighted by molar-refractivity contribution is -0.118. The Morgan fingerprint density at radius 1 is 1.38 bits per heavy atom. The molecule has 2 atom stereocenters. The third-order valence-electron chi connectivity index (χ3n) is 0.796. The van der Waals surface area contributed by atoms with Crippen LogP contribution in [-0.4, -0.2) is 29.4 Å². The predicted molar refractivity (Wildman–Crippen MR) is 37.0 cm³/mol. The normalized spacial score (nSPS) is 18.4. The van der Waals surface area contributed by atoms with Gasteiger partial charge in [-0.25, -0.2) is 0 Å². The van der Waals surface area contributed by atoms with E-state index in [1.165, 1.54) is 0 Å². The van der Waals surface area contributed by atoms with E-state index in [0.29, 0.717) is 5.73 Å². The fourth-order valence-corrected chi connectivity index (χ4v) is 0.822. The summed E-state index contributed by atoms with van der Waals surface area (Å²) in [5.74, 6) is 0. The maximum atomic E-state index is 5.24. The monoisotopic (exact) mass is 134 g/mol. The minimum atomic E-state index is -0.0394. The van der Waals surface area contributed by atoms with Crippen molar-refractivity contribution in [2.75, 3.05) is 7.11 Å². The van der Waals surface area contributed by atoms with Crippen molar-refractivity contribution in [1.29, 1.82) is 0 Å². The molecule has 0 amide bonds. The Kier molecular flexibility index (Phi) is 4.13. The lowest BCUT2D eigenvalue weighted by Crippen LogP contribution is -2.18. The maximum absolute atomic E-state index is 5.24. The second kappa shape index (κ2) is 4.06. The van der Waals surface area contributed by atoms with E-state index in [0.717, 1.165) is 10.2 Å². The lowest BCUT2D eigenvalue weighted by atomic mass is 10.7. The van der Waals surface area contributed by atoms with Gasteiger partial charge >= 0.3 is 0 Å². The summed E-state index contributed by atoms with van der Waals surface area (Å²) in [5, 5.41) is 0. The molecule has 0 aliphatic rings. The molecule has 0 aliphatic carbocycles. The minimum absolute atomic E-state index is 0.0394. The van der Waals surface area contributed by atoms with Crippen molar-refractivity contribution in [3.8, 4) is 0 Å². The van der Waals surface area contributed by atoms with Crippen LogP contribution in [0.1, 0.15) is 13.8 Å². The third kappa shape index (κ3) is 4.30. The standard InChI is InChI=1S/C5H14O2Si/c1-4(6-3)7-5(2)8/h4-5H,1-3,8H3. The van der Waals surface area contributed by atoms with Gasteiger partial charge in [-0.05, 0) is 13.8 Å². The molecule has 0 radical (unpaired) electrons. The Balaban J connectivity index is 3.10. The van der Waals surface area contributed by atoms with Gasteiger partial charge in [0, 0.05) is 23.1 Å². The van der Waals surface area contributed by atoms with Gasteiger partial charge in [-0.15, -0.1) is 0 Å². The molecule has 0 saturated carbocycles. The number of hydrogen-bond donors (Lipinski definition) is 0. The second-order valence-corrected chi connectivity index (χ2v) is 3.61. The van der Waals surface area contributed by atoms with E-state index >= 15 is 0 Å². The first-order chi connectivity index (χ1) is 3.66. The molecule has 50 valence electrons. The lowest BCUT2D eigenvalue weighted by Gasteiger charge is -2.13. The Morgan fingerprint density at radius 3 is 2.00 bits per heavy atom. The van der Waals surface area contributed by atoms with Crippen LogP contribution in [0.5, 0.6) is 0 Å². The number of hydrogen-bond acceptors (Lipinski definition) is 2. The van der Waals surface area contributed by atoms with Crippen LogP contribution in [0.3, 0.4) is 0 Å². The topological polar surface area (TPSA) is 18.5 Å². The zero-order valence-corrected chi connectivity index (χ0v) is 7.97. The van der Waals surface area contributed by atoms with Crippen molar-refractivity contribution in [3.05, 3.63) is 0 Å². The van der Waals surface area contributed by atoms with Crippen LogP contribution >= 0.6 is 0 Å². The Hall–Kier alpha value is 0.137. The number of ether oxygens (including phenoxy) is 2. The van der Waals surface area contributed by atoms with E-state index in [9.17, 15) is 0 Å². The SMILES string of the molecule is COC(C)OC(C)[SiH3]. The van der Waals surface area contributed by atoms with Gasteiger partial charge in [-0.3, -0.25) is 0 Å². The van der Waals surface area contributed by atoms with E-state index < -0.39 is 0 Å². The van der Waals surface area contributed by atoms with Crippen LogP contribution in [0, 0.1) is 0 Å². The molecule has 8 heavy (non-hydrogen) atoms. The van der Waals surface area contributed by atoms with E-state index in [2.05, 4.69) is 0 Å². The van der Waals surface area contributed by atoms with Crippen LogP contribution in [0.4, 0.5) is 0 Å². The van der Waals surface area contributed by atoms with Gasteiger partial charge in [0.05, 0.1) is 0 Å². The highest BCUT2D eigenvalue weighted by Crippen LogP contribution is 1.93. The summed E-state index contributed by atoms with van der Waals surface area (Å²) < 4.78 is 10.1. The Bertz CT molecular complexity index is 56.4. The van der Waals surface area contributed by atoms with Gasteiger partial charge < -0.3 is 9.47 Å². The van der Waals surface area contributed by atoms with E-state index in [1.54, 1.807) is 7.11 Å². The highest BCUT2D eigenvalue weighted by molar-refractivity contribution is 6.10. The third-order valence-corrected chi connectivity index (χ3v) is 1.07. The minimum Gasteiger partial charge on any atom is -0.356 e. The predicted octanol–water partition coefficient (Wildman–Crippen LogP) is -0.293. The first-order valence-electron chi connectivity index (χ1n) is 2.85. The Labute approximate surface area is 53.6 Å². The summed E-state index contributed by atoms with van der Waals surface area (Å²) in [6, 6.07) is 0. The molecule has 3 heteroatoms. The molecule has 0 heterocycles. The number of rotatable bonds is 3. The van der Waals surface area contributed by atoms with Gasteiger partial charge in [0.25, 0.3) is 0 Å². The van der Waals surface area contributed by atoms with Gasteiger partial charge in [-0.2, -0.15) is 0 Å². The van der Waals surface area contributed by atoms with Crippen molar-refractivity contribution >= 4 is 10.2 Å². The molecule has 0 saturated heterocycles. The summed E-state index contributed by atoms with van der Waals surface area (Å²) in [6.45, 7) is 3.94. The molecule has 2 nitrogen and oxygen atoms in total. The molecular formula is C5H14O2Si. The molecule has 0 aromatic carbocycles. The molecule has 0 N–H and O–H groups in total. The van der Waals surface area contributed by atoms with E-state index in [1.807, 2.05) is 13.8 Å². The molecular weight excluding hydrogens is 120 g/mol. The van der Waals surface area contributed by atoms with Crippen LogP contribution in [0.2, 0.25) is 0 Å². The molecule has 0 aliphatic heterocycles. The van der Waals surface area contributed by atoms with Crippen molar-refractivity contribution < 1.29 is 9.47 Å². The zero-order valence-electron chi connectivity index (χ0n) is 5.97. The van der Waals surface area contributed by atoms with Gasteiger partial charge in [0.1, 0.15) is 0 Å². The van der Waals surface area contributed by atoms with Gasteiger partial charge in [0.2, 0.25) is 0 Å². The molecule has 0 spiro atoms. The first-order valence-corrected chi connectivity index (χ1v) is 4.00. The second-order valence-electron chi connectivity index (χ2n) is 1.99. The van der Waals surface area contributed by atoms with E-state index in [-0.39, 0.29) is 6.29 Å². The first kappa shape index (κ1) is 8.14. The van der Waals surface area contributed by atoms with Crippen molar-refractivity contribution in [2.24, 2.45) is 0 Å².